The van der Waals surface area contributed by atoms with Gasteiger partial charge in [-0.05, 0) is 35.4 Å². The van der Waals surface area contributed by atoms with Crippen molar-refractivity contribution < 1.29 is 27.4 Å². The highest BCUT2D eigenvalue weighted by Gasteiger charge is 2.32. The van der Waals surface area contributed by atoms with Gasteiger partial charge in [0.1, 0.15) is 6.61 Å². The summed E-state index contributed by atoms with van der Waals surface area (Å²) in [5.74, 6) is 0.932. The maximum Gasteiger partial charge on any atom is 0.408 e. The summed E-state index contributed by atoms with van der Waals surface area (Å²) < 4.78 is 42.5. The van der Waals surface area contributed by atoms with E-state index in [1.165, 1.54) is 12.1 Å². The largest absolute Gasteiger partial charge is 0.454 e. The molecule has 0 saturated heterocycles. The molecule has 1 aliphatic heterocycles. The lowest BCUT2D eigenvalue weighted by Crippen LogP contribution is -2.34. The van der Waals surface area contributed by atoms with Gasteiger partial charge in [0.05, 0.1) is 4.90 Å². The van der Waals surface area contributed by atoms with Crippen LogP contribution in [0.4, 0.5) is 4.79 Å². The van der Waals surface area contributed by atoms with Gasteiger partial charge in [0.25, 0.3) is 0 Å². The van der Waals surface area contributed by atoms with Crippen LogP contribution in [0, 0.1) is 0 Å². The van der Waals surface area contributed by atoms with E-state index in [1.807, 2.05) is 30.3 Å². The predicted molar refractivity (Wildman–Crippen MR) is 109 cm³/mol. The van der Waals surface area contributed by atoms with Gasteiger partial charge in [-0.3, -0.25) is 0 Å². The summed E-state index contributed by atoms with van der Waals surface area (Å²) in [4.78, 5) is 12.5. The van der Waals surface area contributed by atoms with Crippen LogP contribution in [0.5, 0.6) is 11.5 Å². The number of hydrogen-bond acceptors (Lipinski definition) is 6. The number of ether oxygens (including phenoxy) is 3. The van der Waals surface area contributed by atoms with E-state index in [2.05, 4.69) is 5.32 Å². The van der Waals surface area contributed by atoms with E-state index in [0.29, 0.717) is 17.1 Å². The van der Waals surface area contributed by atoms with Crippen LogP contribution >= 0.6 is 0 Å². The maximum atomic E-state index is 13.3. The van der Waals surface area contributed by atoms with Crippen molar-refractivity contribution in [2.75, 3.05) is 6.79 Å². The van der Waals surface area contributed by atoms with Gasteiger partial charge in [-0.25, -0.2) is 13.2 Å². The van der Waals surface area contributed by atoms with E-state index in [0.717, 1.165) is 5.56 Å². The lowest BCUT2D eigenvalue weighted by atomic mass is 10.2. The molecule has 3 aromatic rings. The third-order valence-corrected chi connectivity index (χ3v) is 6.48. The Hall–Kier alpha value is -3.52. The van der Waals surface area contributed by atoms with Gasteiger partial charge in [-0.2, -0.15) is 0 Å². The van der Waals surface area contributed by atoms with Gasteiger partial charge < -0.3 is 19.5 Å². The normalized spacial score (nSPS) is 13.5. The first-order valence-electron chi connectivity index (χ1n) is 9.20. The van der Waals surface area contributed by atoms with Crippen molar-refractivity contribution in [1.82, 2.24) is 5.32 Å². The molecule has 0 aliphatic carbocycles. The number of sulfone groups is 1. The topological polar surface area (TPSA) is 90.9 Å². The Kier molecular flexibility index (Phi) is 5.58. The number of hydrogen-bond donors (Lipinski definition) is 1. The van der Waals surface area contributed by atoms with E-state index in [4.69, 9.17) is 14.2 Å². The molecule has 0 aromatic heterocycles. The first-order chi connectivity index (χ1) is 14.5. The molecule has 7 nitrogen and oxygen atoms in total. The summed E-state index contributed by atoms with van der Waals surface area (Å²) in [6.45, 7) is 0.0767. The fourth-order valence-electron chi connectivity index (χ4n) is 3.03. The summed E-state index contributed by atoms with van der Waals surface area (Å²) >= 11 is 0. The number of rotatable bonds is 6. The molecule has 0 radical (unpaired) electrons. The Bertz CT molecular complexity index is 1130. The molecule has 3 aromatic carbocycles. The Morgan fingerprint density at radius 3 is 2.33 bits per heavy atom. The highest BCUT2D eigenvalue weighted by Crippen LogP contribution is 2.36. The third-order valence-electron chi connectivity index (χ3n) is 4.54. The summed E-state index contributed by atoms with van der Waals surface area (Å²) in [6, 6.07) is 21.8. The average molecular weight is 425 g/mol. The SMILES string of the molecule is O=C(N[C@H](c1ccc2c(c1)OCO2)S(=O)(=O)c1ccccc1)OCc1ccccc1. The minimum absolute atomic E-state index is 0.0198. The summed E-state index contributed by atoms with van der Waals surface area (Å²) in [5.41, 5.74) is 1.12. The third kappa shape index (κ3) is 4.23. The zero-order valence-electron chi connectivity index (χ0n) is 15.9. The van der Waals surface area contributed by atoms with E-state index in [-0.39, 0.29) is 18.3 Å². The first-order valence-corrected chi connectivity index (χ1v) is 10.7. The second-order valence-corrected chi connectivity index (χ2v) is 8.59. The minimum Gasteiger partial charge on any atom is -0.454 e. The van der Waals surface area contributed by atoms with Crippen LogP contribution in [0.2, 0.25) is 0 Å². The van der Waals surface area contributed by atoms with Gasteiger partial charge in [-0.1, -0.05) is 54.6 Å². The lowest BCUT2D eigenvalue weighted by molar-refractivity contribution is 0.138. The molecule has 154 valence electrons. The van der Waals surface area contributed by atoms with Crippen molar-refractivity contribution in [1.29, 1.82) is 0 Å². The molecule has 1 heterocycles. The molecular formula is C22H19NO6S. The van der Waals surface area contributed by atoms with E-state index in [1.54, 1.807) is 36.4 Å². The summed E-state index contributed by atoms with van der Waals surface area (Å²) in [7, 11) is -3.96. The smallest absolute Gasteiger partial charge is 0.408 e. The Balaban J connectivity index is 1.61. The fraction of sp³-hybridized carbons (Fsp3) is 0.136. The second kappa shape index (κ2) is 8.46. The molecule has 1 atom stereocenters. The van der Waals surface area contributed by atoms with Crippen LogP contribution < -0.4 is 14.8 Å². The molecule has 0 unspecified atom stereocenters. The number of fused-ring (bicyclic) bond motifs is 1. The summed E-state index contributed by atoms with van der Waals surface area (Å²) in [5, 5.41) is 1.12. The van der Waals surface area contributed by atoms with Gasteiger partial charge in [0.15, 0.2) is 16.9 Å². The Morgan fingerprint density at radius 1 is 0.933 bits per heavy atom. The standard InChI is InChI=1S/C22H19NO6S/c24-22(27-14-16-7-3-1-4-8-16)23-21(30(25,26)18-9-5-2-6-10-18)17-11-12-19-20(13-17)29-15-28-19/h1-13,21H,14-15H2,(H,23,24)/t21-/m0/s1. The molecular weight excluding hydrogens is 406 g/mol. The molecule has 4 rings (SSSR count). The van der Waals surface area contributed by atoms with Crippen molar-refractivity contribution in [3.05, 3.63) is 90.0 Å². The fourth-order valence-corrected chi connectivity index (χ4v) is 4.60. The average Bonchev–Trinajstić information content (AvgIpc) is 3.25. The van der Waals surface area contributed by atoms with Gasteiger partial charge in [-0.15, -0.1) is 0 Å². The molecule has 1 aliphatic rings. The Morgan fingerprint density at radius 2 is 1.60 bits per heavy atom. The first kappa shape index (κ1) is 19.8. The van der Waals surface area contributed by atoms with Crippen molar-refractivity contribution in [3.8, 4) is 11.5 Å². The highest BCUT2D eigenvalue weighted by atomic mass is 32.2. The zero-order valence-corrected chi connectivity index (χ0v) is 16.7. The van der Waals surface area contributed by atoms with Crippen LogP contribution in [0.1, 0.15) is 16.5 Å². The number of amides is 1. The van der Waals surface area contributed by atoms with E-state index < -0.39 is 21.3 Å². The predicted octanol–water partition coefficient (Wildman–Crippen LogP) is 3.81. The van der Waals surface area contributed by atoms with Crippen LogP contribution in [0.3, 0.4) is 0 Å². The number of carbonyl (C=O) groups is 1. The van der Waals surface area contributed by atoms with Gasteiger partial charge in [0, 0.05) is 0 Å². The number of carbonyl (C=O) groups excluding carboxylic acids is 1. The highest BCUT2D eigenvalue weighted by molar-refractivity contribution is 7.91. The van der Waals surface area contributed by atoms with Gasteiger partial charge in [0.2, 0.25) is 16.6 Å². The van der Waals surface area contributed by atoms with Crippen molar-refractivity contribution >= 4 is 15.9 Å². The quantitative estimate of drug-likeness (QED) is 0.646. The molecule has 0 spiro atoms. The number of alkyl carbamates (subject to hydrolysis) is 1. The molecule has 1 N–H and O–H groups in total. The van der Waals surface area contributed by atoms with Crippen LogP contribution in [-0.4, -0.2) is 21.3 Å². The second-order valence-electron chi connectivity index (χ2n) is 6.56. The number of benzene rings is 3. The van der Waals surface area contributed by atoms with Crippen LogP contribution in [0.25, 0.3) is 0 Å². The minimum atomic E-state index is -3.96. The number of nitrogens with one attached hydrogen (secondary N) is 1. The van der Waals surface area contributed by atoms with Crippen LogP contribution in [-0.2, 0) is 21.2 Å². The van der Waals surface area contributed by atoms with Crippen molar-refractivity contribution in [3.63, 3.8) is 0 Å². The van der Waals surface area contributed by atoms with E-state index in [9.17, 15) is 13.2 Å². The van der Waals surface area contributed by atoms with Crippen LogP contribution in [0.15, 0.2) is 83.8 Å². The van der Waals surface area contributed by atoms with E-state index >= 15 is 0 Å². The zero-order chi connectivity index (χ0) is 21.0. The monoisotopic (exact) mass is 425 g/mol. The molecule has 1 amide bonds. The lowest BCUT2D eigenvalue weighted by Gasteiger charge is -2.20. The Labute approximate surface area is 174 Å². The van der Waals surface area contributed by atoms with Gasteiger partial charge >= 0.3 is 6.09 Å². The molecule has 8 heteroatoms. The maximum absolute atomic E-state index is 13.3. The van der Waals surface area contributed by atoms with Crippen molar-refractivity contribution in [2.45, 2.75) is 16.9 Å². The molecule has 0 saturated carbocycles. The molecule has 0 fully saturated rings. The molecule has 30 heavy (non-hydrogen) atoms. The van der Waals surface area contributed by atoms with Crippen molar-refractivity contribution in [2.24, 2.45) is 0 Å². The summed E-state index contributed by atoms with van der Waals surface area (Å²) in [6.07, 6.45) is -0.846. The molecule has 0 bridgehead atoms.